The van der Waals surface area contributed by atoms with Gasteiger partial charge in [-0.2, -0.15) is 0 Å². The summed E-state index contributed by atoms with van der Waals surface area (Å²) in [6.45, 7) is 1.33. The van der Waals surface area contributed by atoms with Crippen molar-refractivity contribution < 1.29 is 23.5 Å². The van der Waals surface area contributed by atoms with Gasteiger partial charge < -0.3 is 9.64 Å². The predicted molar refractivity (Wildman–Crippen MR) is 123 cm³/mol. The molecule has 0 spiro atoms. The lowest BCUT2D eigenvalue weighted by Crippen LogP contribution is -2.40. The number of rotatable bonds is 6. The van der Waals surface area contributed by atoms with Gasteiger partial charge in [0.15, 0.2) is 0 Å². The molecule has 0 radical (unpaired) electrons. The maximum atomic E-state index is 13.3. The van der Waals surface area contributed by atoms with Gasteiger partial charge in [0.05, 0.1) is 9.38 Å². The average Bonchev–Trinajstić information content (AvgIpc) is 3.38. The number of likely N-dealkylation sites (tertiary alicyclic amines) is 1. The van der Waals surface area contributed by atoms with Gasteiger partial charge in [0.25, 0.3) is 11.1 Å². The molecule has 0 unspecified atom stereocenters. The van der Waals surface area contributed by atoms with Crippen LogP contribution in [0.1, 0.15) is 24.0 Å². The second kappa shape index (κ2) is 9.87. The summed E-state index contributed by atoms with van der Waals surface area (Å²) in [6, 6.07) is 11.4. The molecule has 3 amide bonds. The third-order valence-corrected chi connectivity index (χ3v) is 6.69. The van der Waals surface area contributed by atoms with Crippen LogP contribution in [0.3, 0.4) is 0 Å². The Morgan fingerprint density at radius 2 is 1.94 bits per heavy atom. The molecular weight excluding hydrogens is 499 g/mol. The number of carbonyl (C=O) groups is 3. The van der Waals surface area contributed by atoms with Gasteiger partial charge in [0, 0.05) is 13.1 Å². The molecule has 0 N–H and O–H groups in total. The number of hydrogen-bond donors (Lipinski definition) is 0. The van der Waals surface area contributed by atoms with E-state index in [1.165, 1.54) is 12.1 Å². The Morgan fingerprint density at radius 3 is 2.66 bits per heavy atom. The predicted octanol–water partition coefficient (Wildman–Crippen LogP) is 4.83. The number of hydrogen-bond acceptors (Lipinski definition) is 5. The summed E-state index contributed by atoms with van der Waals surface area (Å²) in [7, 11) is 0. The van der Waals surface area contributed by atoms with Crippen LogP contribution in [0.25, 0.3) is 6.08 Å². The minimum Gasteiger partial charge on any atom is -0.488 e. The summed E-state index contributed by atoms with van der Waals surface area (Å²) in [5.41, 5.74) is 1.41. The van der Waals surface area contributed by atoms with E-state index in [0.29, 0.717) is 34.4 Å². The molecule has 166 valence electrons. The van der Waals surface area contributed by atoms with Crippen molar-refractivity contribution in [2.24, 2.45) is 0 Å². The van der Waals surface area contributed by atoms with Gasteiger partial charge in [-0.05, 0) is 82.0 Å². The first-order valence-corrected chi connectivity index (χ1v) is 11.7. The lowest BCUT2D eigenvalue weighted by molar-refractivity contribution is -0.135. The zero-order valence-electron chi connectivity index (χ0n) is 17.1. The van der Waals surface area contributed by atoms with Crippen molar-refractivity contribution in [1.29, 1.82) is 0 Å². The van der Waals surface area contributed by atoms with Crippen LogP contribution in [0.15, 0.2) is 51.8 Å². The fraction of sp³-hybridized carbons (Fsp3) is 0.261. The van der Waals surface area contributed by atoms with Crippen molar-refractivity contribution in [2.75, 3.05) is 19.6 Å². The van der Waals surface area contributed by atoms with Crippen LogP contribution in [0.5, 0.6) is 5.75 Å². The highest BCUT2D eigenvalue weighted by atomic mass is 79.9. The minimum absolute atomic E-state index is 0.200. The number of halogens is 2. The third-order valence-electron chi connectivity index (χ3n) is 5.16. The maximum Gasteiger partial charge on any atom is 0.294 e. The Bertz CT molecular complexity index is 1100. The van der Waals surface area contributed by atoms with E-state index >= 15 is 0 Å². The molecule has 4 rings (SSSR count). The number of benzene rings is 2. The van der Waals surface area contributed by atoms with Crippen LogP contribution >= 0.6 is 27.7 Å². The summed E-state index contributed by atoms with van der Waals surface area (Å²) in [5.74, 6) is -0.420. The van der Waals surface area contributed by atoms with E-state index in [0.717, 1.165) is 29.5 Å². The molecule has 0 atom stereocenters. The van der Waals surface area contributed by atoms with E-state index in [1.54, 1.807) is 41.3 Å². The van der Waals surface area contributed by atoms with Gasteiger partial charge in [-0.15, -0.1) is 0 Å². The number of imide groups is 1. The molecule has 6 nitrogen and oxygen atoms in total. The monoisotopic (exact) mass is 518 g/mol. The van der Waals surface area contributed by atoms with Crippen LogP contribution in [0.4, 0.5) is 9.18 Å². The molecule has 2 aliphatic heterocycles. The van der Waals surface area contributed by atoms with Crippen molar-refractivity contribution in [2.45, 2.75) is 19.4 Å². The van der Waals surface area contributed by atoms with Gasteiger partial charge in [0.2, 0.25) is 5.91 Å². The summed E-state index contributed by atoms with van der Waals surface area (Å²) in [6.07, 6.45) is 3.51. The molecule has 2 aliphatic rings. The molecule has 2 fully saturated rings. The first kappa shape index (κ1) is 22.5. The highest BCUT2D eigenvalue weighted by Crippen LogP contribution is 2.34. The largest absolute Gasteiger partial charge is 0.488 e. The van der Waals surface area contributed by atoms with E-state index in [4.69, 9.17) is 4.74 Å². The highest BCUT2D eigenvalue weighted by molar-refractivity contribution is 9.10. The van der Waals surface area contributed by atoms with Crippen molar-refractivity contribution in [3.63, 3.8) is 0 Å². The number of nitrogens with zero attached hydrogens (tertiary/aromatic N) is 2. The zero-order chi connectivity index (χ0) is 22.7. The Labute approximate surface area is 197 Å². The second-order valence-corrected chi connectivity index (χ2v) is 9.31. The summed E-state index contributed by atoms with van der Waals surface area (Å²) >= 11 is 4.27. The van der Waals surface area contributed by atoms with E-state index in [9.17, 15) is 18.8 Å². The number of ether oxygens (including phenoxy) is 1. The van der Waals surface area contributed by atoms with E-state index in [-0.39, 0.29) is 29.8 Å². The first-order chi connectivity index (χ1) is 15.4. The maximum absolute atomic E-state index is 13.3. The molecule has 0 saturated carbocycles. The number of thioether (sulfide) groups is 1. The third kappa shape index (κ3) is 5.21. The van der Waals surface area contributed by atoms with Crippen molar-refractivity contribution >= 4 is 50.8 Å². The molecule has 2 aromatic rings. The standard InChI is InChI=1S/C23H20BrFN2O4S/c24-18-11-15(6-7-19(18)31-14-16-4-3-5-17(25)10-16)12-20-22(29)27(23(30)32-20)13-21(28)26-8-1-2-9-26/h3-7,10-12H,1-2,8-9,13-14H2/b20-12+. The molecule has 2 saturated heterocycles. The molecule has 0 bridgehead atoms. The summed E-state index contributed by atoms with van der Waals surface area (Å²) < 4.78 is 19.7. The van der Waals surface area contributed by atoms with Crippen LogP contribution in [-0.4, -0.2) is 46.5 Å². The Hall–Kier alpha value is -2.65. The normalized spacial score (nSPS) is 17.5. The van der Waals surface area contributed by atoms with Gasteiger partial charge >= 0.3 is 0 Å². The molecule has 0 aromatic heterocycles. The van der Waals surface area contributed by atoms with E-state index in [2.05, 4.69) is 15.9 Å². The first-order valence-electron chi connectivity index (χ1n) is 10.1. The van der Waals surface area contributed by atoms with Crippen LogP contribution in [0, 0.1) is 5.82 Å². The SMILES string of the molecule is O=C(CN1C(=O)S/C(=C/c2ccc(OCc3cccc(F)c3)c(Br)c2)C1=O)N1CCCC1. The molecule has 32 heavy (non-hydrogen) atoms. The fourth-order valence-electron chi connectivity index (χ4n) is 3.50. The lowest BCUT2D eigenvalue weighted by Gasteiger charge is -2.18. The molecular formula is C23H20BrFN2O4S. The lowest BCUT2D eigenvalue weighted by atomic mass is 10.2. The summed E-state index contributed by atoms with van der Waals surface area (Å²) in [4.78, 5) is 40.3. The smallest absolute Gasteiger partial charge is 0.294 e. The van der Waals surface area contributed by atoms with Gasteiger partial charge in [-0.3, -0.25) is 19.3 Å². The van der Waals surface area contributed by atoms with Crippen molar-refractivity contribution in [3.8, 4) is 5.75 Å². The molecule has 9 heteroatoms. The van der Waals surface area contributed by atoms with Crippen molar-refractivity contribution in [3.05, 3.63) is 68.8 Å². The van der Waals surface area contributed by atoms with Crippen LogP contribution < -0.4 is 4.74 Å². The number of amides is 3. The Morgan fingerprint density at radius 1 is 1.16 bits per heavy atom. The molecule has 2 heterocycles. The zero-order valence-corrected chi connectivity index (χ0v) is 19.5. The molecule has 2 aromatic carbocycles. The number of carbonyl (C=O) groups excluding carboxylic acids is 3. The average molecular weight is 519 g/mol. The van der Waals surface area contributed by atoms with Gasteiger partial charge in [-0.1, -0.05) is 18.2 Å². The fourth-order valence-corrected chi connectivity index (χ4v) is 4.85. The quantitative estimate of drug-likeness (QED) is 0.512. The van der Waals surface area contributed by atoms with E-state index < -0.39 is 11.1 Å². The molecule has 0 aliphatic carbocycles. The summed E-state index contributed by atoms with van der Waals surface area (Å²) in [5, 5.41) is -0.442. The van der Waals surface area contributed by atoms with E-state index in [1.807, 2.05) is 0 Å². The minimum atomic E-state index is -0.463. The Kier molecular flexibility index (Phi) is 6.95. The topological polar surface area (TPSA) is 66.9 Å². The Balaban J connectivity index is 1.41. The van der Waals surface area contributed by atoms with Gasteiger partial charge in [-0.25, -0.2) is 4.39 Å². The van der Waals surface area contributed by atoms with Crippen molar-refractivity contribution in [1.82, 2.24) is 9.80 Å². The highest BCUT2D eigenvalue weighted by Gasteiger charge is 2.37. The van der Waals surface area contributed by atoms with Crippen LogP contribution in [-0.2, 0) is 16.2 Å². The second-order valence-electron chi connectivity index (χ2n) is 7.46. The van der Waals surface area contributed by atoms with Crippen LogP contribution in [0.2, 0.25) is 0 Å². The van der Waals surface area contributed by atoms with Gasteiger partial charge in [0.1, 0.15) is 24.7 Å².